The fourth-order valence-corrected chi connectivity index (χ4v) is 6.46. The molecule has 0 saturated heterocycles. The second kappa shape index (κ2) is 16.7. The van der Waals surface area contributed by atoms with Crippen molar-refractivity contribution in [1.82, 2.24) is 5.32 Å². The van der Waals surface area contributed by atoms with Gasteiger partial charge in [0.1, 0.15) is 34.4 Å². The van der Waals surface area contributed by atoms with Gasteiger partial charge in [0, 0.05) is 11.8 Å². The molecule has 13 heteroatoms. The van der Waals surface area contributed by atoms with E-state index in [0.717, 1.165) is 32.1 Å². The molecule has 0 radical (unpaired) electrons. The summed E-state index contributed by atoms with van der Waals surface area (Å²) in [4.78, 5) is 36.0. The minimum atomic E-state index is -1.46. The average molecular weight is 670 g/mol. The first kappa shape index (κ1) is 37.5. The minimum Gasteiger partial charge on any atom is -0.493 e. The molecule has 2 atom stereocenters. The number of hydrogen-bond donors (Lipinski definition) is 1. The molecule has 1 fully saturated rings. The maximum Gasteiger partial charge on any atom is 0.339 e. The summed E-state index contributed by atoms with van der Waals surface area (Å²) in [6.45, 7) is 19.0. The van der Waals surface area contributed by atoms with E-state index >= 15 is 0 Å². The van der Waals surface area contributed by atoms with Crippen molar-refractivity contribution in [2.75, 3.05) is 25.6 Å². The van der Waals surface area contributed by atoms with Gasteiger partial charge in [-0.1, -0.05) is 18.5 Å². The van der Waals surface area contributed by atoms with Crippen molar-refractivity contribution in [3.05, 3.63) is 28.3 Å². The first-order valence-electron chi connectivity index (χ1n) is 15.9. The largest absolute Gasteiger partial charge is 0.493 e. The third-order valence-electron chi connectivity index (χ3n) is 6.53. The maximum absolute atomic E-state index is 13.5. The fourth-order valence-electron chi connectivity index (χ4n) is 4.02. The Morgan fingerprint density at radius 1 is 1.16 bits per heavy atom. The number of carbonyl (C=O) groups is 1. The molecule has 1 aliphatic carbocycles. The normalized spacial score (nSPS) is 19.9. The van der Waals surface area contributed by atoms with Crippen LogP contribution in [0.4, 0.5) is 0 Å². The predicted molar refractivity (Wildman–Crippen MR) is 180 cm³/mol. The number of hydrogen-bond acceptors (Lipinski definition) is 11. The van der Waals surface area contributed by atoms with Crippen LogP contribution in [-0.2, 0) is 23.2 Å². The molecule has 1 aliphatic heterocycles. The molecule has 1 N–H and O–H groups in total. The molecule has 1 aromatic rings. The number of carbonyl (C=O) groups excluding carboxylic acids is 1. The molecule has 0 aromatic carbocycles. The number of thioether (sulfide) groups is 1. The Hall–Kier alpha value is -1.98. The van der Waals surface area contributed by atoms with E-state index < -0.39 is 25.8 Å². The second-order valence-corrected chi connectivity index (χ2v) is 15.8. The lowest BCUT2D eigenvalue weighted by Crippen LogP contribution is -2.45. The van der Waals surface area contributed by atoms with Crippen LogP contribution in [0.15, 0.2) is 31.5 Å². The molecule has 3 rings (SSSR count). The third kappa shape index (κ3) is 13.7. The summed E-state index contributed by atoms with van der Waals surface area (Å²) >= 11 is 1.47. The summed E-state index contributed by atoms with van der Waals surface area (Å²) in [5.41, 5.74) is -1.61. The molecule has 1 amide bonds. The van der Waals surface area contributed by atoms with E-state index in [0.29, 0.717) is 60.2 Å². The van der Waals surface area contributed by atoms with Gasteiger partial charge in [0.05, 0.1) is 36.5 Å². The van der Waals surface area contributed by atoms with Crippen LogP contribution in [0.3, 0.4) is 0 Å². The lowest BCUT2D eigenvalue weighted by atomic mass is 10.0. The fraction of sp³-hybridized carbons (Fsp3) is 0.750. The first-order chi connectivity index (χ1) is 21.1. The van der Waals surface area contributed by atoms with Crippen molar-refractivity contribution in [3.8, 4) is 5.75 Å². The van der Waals surface area contributed by atoms with Crippen molar-refractivity contribution >= 4 is 37.0 Å². The summed E-state index contributed by atoms with van der Waals surface area (Å²) in [5, 5.41) is 7.96. The van der Waals surface area contributed by atoms with Crippen LogP contribution in [0.25, 0.3) is 0 Å². The van der Waals surface area contributed by atoms with Crippen molar-refractivity contribution in [1.29, 1.82) is 0 Å². The van der Waals surface area contributed by atoms with E-state index in [1.165, 1.54) is 17.8 Å². The molecule has 1 saturated carbocycles. The van der Waals surface area contributed by atoms with Gasteiger partial charge in [-0.25, -0.2) is 4.79 Å². The Balaban J connectivity index is 1.49. The molecule has 0 spiro atoms. The number of rotatable bonds is 18. The van der Waals surface area contributed by atoms with Crippen molar-refractivity contribution in [2.45, 2.75) is 124 Å². The monoisotopic (exact) mass is 669 g/mol. The smallest absolute Gasteiger partial charge is 0.339 e. The summed E-state index contributed by atoms with van der Waals surface area (Å²) in [5.74, 6) is 1.63. The van der Waals surface area contributed by atoms with Gasteiger partial charge >= 0.3 is 14.2 Å². The Labute approximate surface area is 273 Å². The van der Waals surface area contributed by atoms with Crippen LogP contribution in [-0.4, -0.2) is 59.0 Å². The molecule has 11 nitrogen and oxygen atoms in total. The third-order valence-corrected chi connectivity index (χ3v) is 9.69. The Morgan fingerprint density at radius 3 is 2.44 bits per heavy atom. The van der Waals surface area contributed by atoms with Crippen LogP contribution >= 0.6 is 20.4 Å². The molecular weight excluding hydrogens is 617 g/mol. The van der Waals surface area contributed by atoms with Gasteiger partial charge < -0.3 is 32.9 Å². The van der Waals surface area contributed by atoms with E-state index in [4.69, 9.17) is 32.6 Å². The molecule has 2 aliphatic rings. The van der Waals surface area contributed by atoms with Crippen LogP contribution < -0.4 is 15.7 Å². The number of oxime groups is 1. The van der Waals surface area contributed by atoms with Gasteiger partial charge in [0.2, 0.25) is 5.91 Å². The molecule has 2 unspecified atom stereocenters. The van der Waals surface area contributed by atoms with E-state index in [1.807, 2.05) is 55.4 Å². The summed E-state index contributed by atoms with van der Waals surface area (Å²) in [6.07, 6.45) is 5.19. The van der Waals surface area contributed by atoms with Crippen molar-refractivity contribution in [2.24, 2.45) is 16.1 Å². The molecule has 45 heavy (non-hydrogen) atoms. The lowest BCUT2D eigenvalue weighted by Gasteiger charge is -2.30. The SMILES string of the molecule is CCCC(NC(=O)C1(C)CSC(/C(C)=N/OCCCCOP(OC(C)(C)C)OC(C)(C)C)=N1)c1cc(OCC2CC2)cc(=O)o1. The lowest BCUT2D eigenvalue weighted by molar-refractivity contribution is -0.125. The zero-order chi connectivity index (χ0) is 33.3. The molecule has 254 valence electrons. The zero-order valence-electron chi connectivity index (χ0n) is 28.4. The number of amides is 1. The zero-order valence-corrected chi connectivity index (χ0v) is 30.1. The van der Waals surface area contributed by atoms with Crippen LogP contribution in [0.5, 0.6) is 5.75 Å². The molecular formula is C32H52N3O8PS. The molecule has 2 heterocycles. The first-order valence-corrected chi connectivity index (χ1v) is 17.9. The highest BCUT2D eigenvalue weighted by Gasteiger charge is 2.40. The van der Waals surface area contributed by atoms with E-state index in [2.05, 4.69) is 10.5 Å². The van der Waals surface area contributed by atoms with Gasteiger partial charge in [0.15, 0.2) is 0 Å². The highest BCUT2D eigenvalue weighted by molar-refractivity contribution is 8.16. The Kier molecular flexibility index (Phi) is 13.9. The van der Waals surface area contributed by atoms with Crippen LogP contribution in [0.2, 0.25) is 0 Å². The van der Waals surface area contributed by atoms with E-state index in [1.54, 1.807) is 13.0 Å². The number of nitrogens with one attached hydrogen (secondary N) is 1. The Morgan fingerprint density at radius 2 is 1.82 bits per heavy atom. The van der Waals surface area contributed by atoms with Crippen LogP contribution in [0, 0.1) is 5.92 Å². The average Bonchev–Trinajstić information content (AvgIpc) is 3.67. The minimum absolute atomic E-state index is 0.241. The topological polar surface area (TPSA) is 130 Å². The van der Waals surface area contributed by atoms with Gasteiger partial charge in [0.25, 0.3) is 0 Å². The number of ether oxygens (including phenoxy) is 1. The Bertz CT molecular complexity index is 1220. The molecule has 1 aromatic heterocycles. The summed E-state index contributed by atoms with van der Waals surface area (Å²) < 4.78 is 29.1. The predicted octanol–water partition coefficient (Wildman–Crippen LogP) is 7.34. The maximum atomic E-state index is 13.5. The quantitative estimate of drug-likeness (QED) is 0.0739. The van der Waals surface area contributed by atoms with Crippen molar-refractivity contribution < 1.29 is 32.4 Å². The number of aliphatic imine (C=N–C) groups is 1. The van der Waals surface area contributed by atoms with Gasteiger partial charge in [-0.15, -0.1) is 11.8 Å². The van der Waals surface area contributed by atoms with Crippen LogP contribution in [0.1, 0.15) is 113 Å². The number of nitrogens with zero attached hydrogens (tertiary/aromatic N) is 2. The number of unbranched alkanes of at least 4 members (excludes halogenated alkanes) is 1. The summed E-state index contributed by atoms with van der Waals surface area (Å²) in [6, 6.07) is 2.59. The highest BCUT2D eigenvalue weighted by atomic mass is 32.2. The van der Waals surface area contributed by atoms with E-state index in [-0.39, 0.29) is 17.1 Å². The van der Waals surface area contributed by atoms with E-state index in [9.17, 15) is 9.59 Å². The van der Waals surface area contributed by atoms with Gasteiger partial charge in [-0.3, -0.25) is 9.79 Å². The second-order valence-electron chi connectivity index (χ2n) is 13.7. The standard InChI is InChI=1S/C32H52N3O8PS/c1-10-13-25(26-18-24(19-27(36)41-26)38-20-23-14-15-23)33-29(37)32(9)21-45-28(34-32)22(2)35-39-16-11-12-17-40-44(42-30(3,4)5)43-31(6,7)8/h18-19,23,25H,10-17,20-21H2,1-9H3,(H,33,37)/b35-22+. The highest BCUT2D eigenvalue weighted by Crippen LogP contribution is 2.47. The van der Waals surface area contributed by atoms with Gasteiger partial charge in [-0.05, 0) is 93.4 Å². The molecule has 0 bridgehead atoms. The van der Waals surface area contributed by atoms with Gasteiger partial charge in [-0.2, -0.15) is 0 Å². The summed E-state index contributed by atoms with van der Waals surface area (Å²) in [7, 11) is -1.46. The van der Waals surface area contributed by atoms with Crippen molar-refractivity contribution in [3.63, 3.8) is 0 Å².